The molecule has 2 amide bonds. The van der Waals surface area contributed by atoms with Crippen molar-refractivity contribution in [1.82, 2.24) is 10.6 Å². The summed E-state index contributed by atoms with van der Waals surface area (Å²) in [4.78, 5) is 24.8. The number of benzene rings is 3. The Balaban J connectivity index is 1.52. The van der Waals surface area contributed by atoms with Gasteiger partial charge in [0.1, 0.15) is 0 Å². The van der Waals surface area contributed by atoms with Crippen molar-refractivity contribution in [2.75, 3.05) is 0 Å². The van der Waals surface area contributed by atoms with Gasteiger partial charge in [0.2, 0.25) is 0 Å². The molecular formula is C26H27ClN2O2. The van der Waals surface area contributed by atoms with Gasteiger partial charge in [0, 0.05) is 29.2 Å². The maximum Gasteiger partial charge on any atom is 0.251 e. The Hall–Kier alpha value is -3.11. The Bertz CT molecular complexity index is 1050. The van der Waals surface area contributed by atoms with Crippen LogP contribution < -0.4 is 10.6 Å². The smallest absolute Gasteiger partial charge is 0.251 e. The molecule has 3 aromatic carbocycles. The molecule has 0 aromatic heterocycles. The van der Waals surface area contributed by atoms with Gasteiger partial charge in [-0.15, -0.1) is 0 Å². The number of amides is 2. The average Bonchev–Trinajstić information content (AvgIpc) is 2.76. The predicted molar refractivity (Wildman–Crippen MR) is 125 cm³/mol. The normalized spacial score (nSPS) is 11.1. The molecule has 3 aromatic rings. The number of carbonyl (C=O) groups is 2. The van der Waals surface area contributed by atoms with Crippen LogP contribution in [0.3, 0.4) is 0 Å². The van der Waals surface area contributed by atoms with Crippen LogP contribution in [0.5, 0.6) is 0 Å². The number of halogens is 1. The van der Waals surface area contributed by atoms with Gasteiger partial charge in [0.05, 0.1) is 0 Å². The molecule has 160 valence electrons. The second kappa shape index (κ2) is 9.80. The summed E-state index contributed by atoms with van der Waals surface area (Å²) in [7, 11) is 0. The van der Waals surface area contributed by atoms with Crippen molar-refractivity contribution in [3.8, 4) is 0 Å². The average molecular weight is 435 g/mol. The molecule has 0 aliphatic heterocycles. The molecule has 4 nitrogen and oxygen atoms in total. The van der Waals surface area contributed by atoms with Gasteiger partial charge in [-0.1, -0.05) is 74.8 Å². The number of carbonyl (C=O) groups excluding carboxylic acids is 2. The van der Waals surface area contributed by atoms with E-state index in [1.165, 1.54) is 5.56 Å². The molecule has 0 saturated carbocycles. The van der Waals surface area contributed by atoms with Crippen molar-refractivity contribution in [1.29, 1.82) is 0 Å². The lowest BCUT2D eigenvalue weighted by atomic mass is 9.87. The summed E-state index contributed by atoms with van der Waals surface area (Å²) >= 11 is 6.12. The third-order valence-electron chi connectivity index (χ3n) is 5.08. The number of rotatable bonds is 6. The standard InChI is InChI=1S/C26H27ClN2O2/c1-26(2,3)22-14-12-20(13-15-22)24(30)28-16-18-8-10-19(11-9-18)25(31)29-17-21-6-4-5-7-23(21)27/h4-15H,16-17H2,1-3H3,(H,28,30)(H,29,31). The van der Waals surface area contributed by atoms with Gasteiger partial charge in [-0.2, -0.15) is 0 Å². The third kappa shape index (κ3) is 6.19. The first-order valence-electron chi connectivity index (χ1n) is 10.2. The second-order valence-corrected chi connectivity index (χ2v) is 8.89. The fourth-order valence-corrected chi connectivity index (χ4v) is 3.30. The van der Waals surface area contributed by atoms with E-state index in [0.29, 0.717) is 29.2 Å². The molecule has 0 unspecified atom stereocenters. The Morgan fingerprint density at radius 2 is 1.26 bits per heavy atom. The summed E-state index contributed by atoms with van der Waals surface area (Å²) in [5, 5.41) is 6.42. The maximum atomic E-state index is 12.4. The zero-order chi connectivity index (χ0) is 22.4. The molecular weight excluding hydrogens is 408 g/mol. The van der Waals surface area contributed by atoms with E-state index in [-0.39, 0.29) is 17.2 Å². The van der Waals surface area contributed by atoms with Gasteiger partial charge in [0.15, 0.2) is 0 Å². The largest absolute Gasteiger partial charge is 0.348 e. The van der Waals surface area contributed by atoms with E-state index >= 15 is 0 Å². The van der Waals surface area contributed by atoms with Crippen LogP contribution >= 0.6 is 11.6 Å². The minimum Gasteiger partial charge on any atom is -0.348 e. The van der Waals surface area contributed by atoms with Gasteiger partial charge >= 0.3 is 0 Å². The van der Waals surface area contributed by atoms with Crippen molar-refractivity contribution in [2.24, 2.45) is 0 Å². The number of hydrogen-bond acceptors (Lipinski definition) is 2. The summed E-state index contributed by atoms with van der Waals surface area (Å²) in [5.74, 6) is -0.295. The lowest BCUT2D eigenvalue weighted by molar-refractivity contribution is 0.0941. The molecule has 0 heterocycles. The first kappa shape index (κ1) is 22.6. The van der Waals surface area contributed by atoms with Crippen LogP contribution in [0, 0.1) is 0 Å². The fourth-order valence-electron chi connectivity index (χ4n) is 3.10. The van der Waals surface area contributed by atoms with Crippen molar-refractivity contribution >= 4 is 23.4 Å². The van der Waals surface area contributed by atoms with E-state index in [4.69, 9.17) is 11.6 Å². The van der Waals surface area contributed by atoms with E-state index in [1.54, 1.807) is 18.2 Å². The molecule has 0 atom stereocenters. The van der Waals surface area contributed by atoms with Gasteiger partial charge in [0.25, 0.3) is 11.8 Å². The van der Waals surface area contributed by atoms with Gasteiger partial charge in [-0.25, -0.2) is 0 Å². The van der Waals surface area contributed by atoms with E-state index < -0.39 is 0 Å². The summed E-state index contributed by atoms with van der Waals surface area (Å²) in [6.07, 6.45) is 0. The highest BCUT2D eigenvalue weighted by Gasteiger charge is 2.14. The molecule has 0 aliphatic carbocycles. The van der Waals surface area contributed by atoms with E-state index in [0.717, 1.165) is 11.1 Å². The fraction of sp³-hybridized carbons (Fsp3) is 0.231. The Kier molecular flexibility index (Phi) is 7.13. The Labute approximate surface area is 188 Å². The molecule has 0 bridgehead atoms. The van der Waals surface area contributed by atoms with Crippen molar-refractivity contribution < 1.29 is 9.59 Å². The van der Waals surface area contributed by atoms with Crippen LogP contribution in [0.15, 0.2) is 72.8 Å². The molecule has 0 saturated heterocycles. The second-order valence-electron chi connectivity index (χ2n) is 8.48. The van der Waals surface area contributed by atoms with E-state index in [9.17, 15) is 9.59 Å². The highest BCUT2D eigenvalue weighted by atomic mass is 35.5. The molecule has 0 spiro atoms. The topological polar surface area (TPSA) is 58.2 Å². The van der Waals surface area contributed by atoms with Crippen molar-refractivity contribution in [2.45, 2.75) is 39.3 Å². The minimum absolute atomic E-state index is 0.0520. The molecule has 2 N–H and O–H groups in total. The summed E-state index contributed by atoms with van der Waals surface area (Å²) in [5.41, 5.74) is 4.21. The highest BCUT2D eigenvalue weighted by molar-refractivity contribution is 6.31. The highest BCUT2D eigenvalue weighted by Crippen LogP contribution is 2.22. The van der Waals surface area contributed by atoms with E-state index in [1.807, 2.05) is 54.6 Å². The van der Waals surface area contributed by atoms with Crippen LogP contribution in [0.4, 0.5) is 0 Å². The molecule has 31 heavy (non-hydrogen) atoms. The lowest BCUT2D eigenvalue weighted by Crippen LogP contribution is -2.24. The summed E-state index contributed by atoms with van der Waals surface area (Å²) < 4.78 is 0. The zero-order valence-corrected chi connectivity index (χ0v) is 18.8. The summed E-state index contributed by atoms with van der Waals surface area (Å²) in [6, 6.07) is 22.3. The van der Waals surface area contributed by atoms with Crippen molar-refractivity contribution in [3.05, 3.63) is 106 Å². The minimum atomic E-state index is -0.172. The van der Waals surface area contributed by atoms with E-state index in [2.05, 4.69) is 31.4 Å². The SMILES string of the molecule is CC(C)(C)c1ccc(C(=O)NCc2ccc(C(=O)NCc3ccccc3Cl)cc2)cc1. The van der Waals surface area contributed by atoms with Crippen LogP contribution in [0.1, 0.15) is 58.2 Å². The predicted octanol–water partition coefficient (Wildman–Crippen LogP) is 5.50. The molecule has 3 rings (SSSR count). The third-order valence-corrected chi connectivity index (χ3v) is 5.45. The zero-order valence-electron chi connectivity index (χ0n) is 18.0. The van der Waals surface area contributed by atoms with Crippen LogP contribution in [0.25, 0.3) is 0 Å². The number of nitrogens with one attached hydrogen (secondary N) is 2. The molecule has 0 fully saturated rings. The lowest BCUT2D eigenvalue weighted by Gasteiger charge is -2.19. The quantitative estimate of drug-likeness (QED) is 0.538. The molecule has 5 heteroatoms. The number of hydrogen-bond donors (Lipinski definition) is 2. The molecule has 0 aliphatic rings. The van der Waals surface area contributed by atoms with Crippen LogP contribution in [0.2, 0.25) is 5.02 Å². The maximum absolute atomic E-state index is 12.4. The first-order chi connectivity index (χ1) is 14.7. The Morgan fingerprint density at radius 3 is 1.81 bits per heavy atom. The van der Waals surface area contributed by atoms with Gasteiger partial charge in [-0.05, 0) is 52.4 Å². The first-order valence-corrected chi connectivity index (χ1v) is 10.6. The van der Waals surface area contributed by atoms with Crippen molar-refractivity contribution in [3.63, 3.8) is 0 Å². The van der Waals surface area contributed by atoms with Crippen LogP contribution in [-0.2, 0) is 18.5 Å². The monoisotopic (exact) mass is 434 g/mol. The van der Waals surface area contributed by atoms with Gasteiger partial charge in [-0.3, -0.25) is 9.59 Å². The Morgan fingerprint density at radius 1 is 0.742 bits per heavy atom. The van der Waals surface area contributed by atoms with Crippen LogP contribution in [-0.4, -0.2) is 11.8 Å². The molecule has 0 radical (unpaired) electrons. The van der Waals surface area contributed by atoms with Gasteiger partial charge < -0.3 is 10.6 Å². The summed E-state index contributed by atoms with van der Waals surface area (Å²) in [6.45, 7) is 7.18.